The molecule has 0 aromatic heterocycles. The summed E-state index contributed by atoms with van der Waals surface area (Å²) < 4.78 is 0. The van der Waals surface area contributed by atoms with Crippen LogP contribution in [0, 0.1) is 0 Å². The minimum absolute atomic E-state index is 0.0263. The predicted molar refractivity (Wildman–Crippen MR) is 112 cm³/mol. The first kappa shape index (κ1) is 19.8. The molecule has 138 valence electrons. The number of amides is 1. The van der Waals surface area contributed by atoms with Gasteiger partial charge >= 0.3 is 0 Å². The van der Waals surface area contributed by atoms with E-state index >= 15 is 0 Å². The number of nitrogens with one attached hydrogen (secondary N) is 1. The van der Waals surface area contributed by atoms with Gasteiger partial charge in [0, 0.05) is 17.8 Å². The van der Waals surface area contributed by atoms with Crippen LogP contribution in [0.3, 0.4) is 0 Å². The van der Waals surface area contributed by atoms with Crippen molar-refractivity contribution in [1.82, 2.24) is 5.32 Å². The van der Waals surface area contributed by atoms with E-state index in [9.17, 15) is 4.79 Å². The lowest BCUT2D eigenvalue weighted by atomic mass is 10.0. The fraction of sp³-hybridized carbons (Fsp3) is 0.348. The lowest BCUT2D eigenvalue weighted by molar-refractivity contribution is -0.115. The van der Waals surface area contributed by atoms with Gasteiger partial charge in [-0.2, -0.15) is 0 Å². The molecule has 3 heteroatoms. The first-order valence-corrected chi connectivity index (χ1v) is 9.61. The van der Waals surface area contributed by atoms with Crippen LogP contribution in [0.1, 0.15) is 56.6 Å². The number of nitrogens with two attached hydrogens (primary N) is 1. The zero-order valence-electron chi connectivity index (χ0n) is 15.7. The van der Waals surface area contributed by atoms with E-state index in [1.807, 2.05) is 60.7 Å². The number of nitrogen functional groups attached to an aromatic ring is 1. The molecule has 0 saturated heterocycles. The molecule has 0 radical (unpaired) electrons. The van der Waals surface area contributed by atoms with E-state index in [1.165, 1.54) is 32.1 Å². The Morgan fingerprint density at radius 1 is 0.923 bits per heavy atom. The molecule has 0 aliphatic rings. The average molecular weight is 351 g/mol. The van der Waals surface area contributed by atoms with Crippen LogP contribution in [0.4, 0.5) is 5.69 Å². The summed E-state index contributed by atoms with van der Waals surface area (Å²) in [5, 5.41) is 3.07. The summed E-state index contributed by atoms with van der Waals surface area (Å²) in [6.07, 6.45) is 9.21. The summed E-state index contributed by atoms with van der Waals surface area (Å²) >= 11 is 0. The van der Waals surface area contributed by atoms with Crippen molar-refractivity contribution < 1.29 is 4.79 Å². The van der Waals surface area contributed by atoms with Crippen LogP contribution in [0.2, 0.25) is 0 Å². The Hall–Kier alpha value is -2.55. The molecule has 2 aromatic carbocycles. The molecular formula is C23H30N2O. The lowest BCUT2D eigenvalue weighted by Crippen LogP contribution is -2.25. The molecule has 0 atom stereocenters. The minimum atomic E-state index is -0.0263. The second kappa shape index (κ2) is 11.1. The molecule has 0 spiro atoms. The molecule has 0 aliphatic carbocycles. The van der Waals surface area contributed by atoms with Gasteiger partial charge in [0.1, 0.15) is 0 Å². The first-order valence-electron chi connectivity index (χ1n) is 9.61. The van der Waals surface area contributed by atoms with Crippen molar-refractivity contribution in [2.45, 2.75) is 45.4 Å². The van der Waals surface area contributed by atoms with Crippen molar-refractivity contribution in [1.29, 1.82) is 0 Å². The van der Waals surface area contributed by atoms with Gasteiger partial charge in [-0.1, -0.05) is 81.5 Å². The van der Waals surface area contributed by atoms with Gasteiger partial charge in [0.15, 0.2) is 0 Å². The lowest BCUT2D eigenvalue weighted by Gasteiger charge is -2.10. The van der Waals surface area contributed by atoms with E-state index in [0.717, 1.165) is 29.8 Å². The Morgan fingerprint density at radius 2 is 1.58 bits per heavy atom. The Balaban J connectivity index is 2.00. The van der Waals surface area contributed by atoms with E-state index in [2.05, 4.69) is 12.2 Å². The average Bonchev–Trinajstić information content (AvgIpc) is 2.67. The predicted octanol–water partition coefficient (Wildman–Crippen LogP) is 5.29. The maximum Gasteiger partial charge on any atom is 0.251 e. The first-order chi connectivity index (χ1) is 12.7. The van der Waals surface area contributed by atoms with E-state index in [1.54, 1.807) is 0 Å². The van der Waals surface area contributed by atoms with Crippen LogP contribution in [0.5, 0.6) is 0 Å². The summed E-state index contributed by atoms with van der Waals surface area (Å²) in [7, 11) is 0. The summed E-state index contributed by atoms with van der Waals surface area (Å²) in [6.45, 7) is 2.94. The van der Waals surface area contributed by atoms with Gasteiger partial charge in [-0.25, -0.2) is 0 Å². The smallest absolute Gasteiger partial charge is 0.251 e. The number of unbranched alkanes of at least 4 members (excludes halogenated alkanes) is 5. The molecule has 26 heavy (non-hydrogen) atoms. The molecular weight excluding hydrogens is 320 g/mol. The van der Waals surface area contributed by atoms with Crippen LogP contribution in [-0.2, 0) is 4.79 Å². The highest BCUT2D eigenvalue weighted by atomic mass is 16.1. The van der Waals surface area contributed by atoms with Crippen LogP contribution in [0.25, 0.3) is 11.6 Å². The highest BCUT2D eigenvalue weighted by Gasteiger charge is 2.11. The van der Waals surface area contributed by atoms with E-state index in [0.29, 0.717) is 5.57 Å². The van der Waals surface area contributed by atoms with Gasteiger partial charge in [0.25, 0.3) is 5.91 Å². The number of anilines is 1. The zero-order chi connectivity index (χ0) is 18.6. The maximum absolute atomic E-state index is 12.7. The molecule has 0 saturated carbocycles. The molecule has 0 aliphatic heterocycles. The minimum Gasteiger partial charge on any atom is -0.399 e. The summed E-state index contributed by atoms with van der Waals surface area (Å²) in [5.41, 5.74) is 9.04. The van der Waals surface area contributed by atoms with Crippen LogP contribution in [-0.4, -0.2) is 12.5 Å². The van der Waals surface area contributed by atoms with Gasteiger partial charge in [-0.3, -0.25) is 4.79 Å². The molecule has 3 N–H and O–H groups in total. The van der Waals surface area contributed by atoms with Gasteiger partial charge < -0.3 is 11.1 Å². The largest absolute Gasteiger partial charge is 0.399 e. The van der Waals surface area contributed by atoms with Crippen molar-refractivity contribution >= 4 is 23.2 Å². The van der Waals surface area contributed by atoms with Gasteiger partial charge in [-0.05, 0) is 35.8 Å². The second-order valence-electron chi connectivity index (χ2n) is 6.61. The highest BCUT2D eigenvalue weighted by Crippen LogP contribution is 2.19. The summed E-state index contributed by atoms with van der Waals surface area (Å²) in [5.74, 6) is -0.0263. The number of rotatable bonds is 10. The molecule has 0 fully saturated rings. The molecule has 1 amide bonds. The number of carbonyl (C=O) groups excluding carboxylic acids is 1. The Bertz CT molecular complexity index is 690. The summed E-state index contributed by atoms with van der Waals surface area (Å²) in [6, 6.07) is 17.4. The number of benzene rings is 2. The van der Waals surface area contributed by atoms with Gasteiger partial charge in [0.2, 0.25) is 0 Å². The third kappa shape index (κ3) is 6.75. The zero-order valence-corrected chi connectivity index (χ0v) is 15.7. The fourth-order valence-electron chi connectivity index (χ4n) is 2.86. The Labute approximate surface area is 157 Å². The molecule has 0 heterocycles. The second-order valence-corrected chi connectivity index (χ2v) is 6.61. The number of hydrogen-bond donors (Lipinski definition) is 2. The Kier molecular flexibility index (Phi) is 8.47. The maximum atomic E-state index is 12.7. The van der Waals surface area contributed by atoms with Crippen LogP contribution < -0.4 is 11.1 Å². The third-order valence-electron chi connectivity index (χ3n) is 4.39. The Morgan fingerprint density at radius 3 is 2.27 bits per heavy atom. The molecule has 2 aromatic rings. The van der Waals surface area contributed by atoms with Crippen molar-refractivity contribution in [3.05, 3.63) is 65.7 Å². The van der Waals surface area contributed by atoms with Crippen molar-refractivity contribution in [2.75, 3.05) is 12.3 Å². The monoisotopic (exact) mass is 350 g/mol. The summed E-state index contributed by atoms with van der Waals surface area (Å²) in [4.78, 5) is 12.7. The normalized spacial score (nSPS) is 11.3. The molecule has 0 bridgehead atoms. The van der Waals surface area contributed by atoms with Crippen molar-refractivity contribution in [3.63, 3.8) is 0 Å². The number of hydrogen-bond acceptors (Lipinski definition) is 2. The molecule has 0 unspecified atom stereocenters. The quantitative estimate of drug-likeness (QED) is 0.265. The SMILES string of the molecule is CCCCCCCCNC(=O)/C(=C/c1ccc(N)cc1)c1ccccc1. The fourth-order valence-corrected chi connectivity index (χ4v) is 2.86. The van der Waals surface area contributed by atoms with E-state index < -0.39 is 0 Å². The number of carbonyl (C=O) groups is 1. The molecule has 2 rings (SSSR count). The van der Waals surface area contributed by atoms with Crippen LogP contribution >= 0.6 is 0 Å². The topological polar surface area (TPSA) is 55.1 Å². The molecule has 3 nitrogen and oxygen atoms in total. The van der Waals surface area contributed by atoms with Crippen molar-refractivity contribution in [2.24, 2.45) is 0 Å². The van der Waals surface area contributed by atoms with Crippen LogP contribution in [0.15, 0.2) is 54.6 Å². The van der Waals surface area contributed by atoms with Crippen molar-refractivity contribution in [3.8, 4) is 0 Å². The third-order valence-corrected chi connectivity index (χ3v) is 4.39. The van der Waals surface area contributed by atoms with Gasteiger partial charge in [0.05, 0.1) is 0 Å². The van der Waals surface area contributed by atoms with Gasteiger partial charge in [-0.15, -0.1) is 0 Å². The van der Waals surface area contributed by atoms with E-state index in [-0.39, 0.29) is 5.91 Å². The van der Waals surface area contributed by atoms with E-state index in [4.69, 9.17) is 5.73 Å². The standard InChI is InChI=1S/C23H30N2O/c1-2-3-4-5-6-10-17-25-23(26)22(20-11-8-7-9-12-20)18-19-13-15-21(24)16-14-19/h7-9,11-16,18H,2-6,10,17,24H2,1H3,(H,25,26)/b22-18+. The highest BCUT2D eigenvalue weighted by molar-refractivity contribution is 6.24.